The second-order valence-electron chi connectivity index (χ2n) is 5.09. The maximum absolute atomic E-state index is 12.7. The van der Waals surface area contributed by atoms with Gasteiger partial charge in [0.1, 0.15) is 11.4 Å². The second-order valence-corrected chi connectivity index (χ2v) is 5.09. The van der Waals surface area contributed by atoms with Crippen LogP contribution in [0.4, 0.5) is 9.18 Å². The van der Waals surface area contributed by atoms with E-state index in [1.54, 1.807) is 32.9 Å². The summed E-state index contributed by atoms with van der Waals surface area (Å²) in [5.74, 6) is -0.295. The molecular weight excluding hydrogens is 247 g/mol. The van der Waals surface area contributed by atoms with Crippen LogP contribution in [-0.4, -0.2) is 18.2 Å². The van der Waals surface area contributed by atoms with Gasteiger partial charge < -0.3 is 4.74 Å². The van der Waals surface area contributed by atoms with E-state index in [0.717, 1.165) is 11.1 Å². The minimum absolute atomic E-state index is 0.295. The summed E-state index contributed by atoms with van der Waals surface area (Å²) >= 11 is 0. The maximum atomic E-state index is 12.7. The lowest BCUT2D eigenvalue weighted by atomic mass is 10.1. The molecule has 1 amide bonds. The molecule has 0 aliphatic rings. The molecule has 104 valence electrons. The summed E-state index contributed by atoms with van der Waals surface area (Å²) in [4.78, 5) is 11.3. The molecule has 0 radical (unpaired) electrons. The van der Waals surface area contributed by atoms with Crippen molar-refractivity contribution in [1.82, 2.24) is 10.9 Å². The highest BCUT2D eigenvalue weighted by Gasteiger charge is 2.15. The van der Waals surface area contributed by atoms with Crippen LogP contribution < -0.4 is 10.9 Å². The molecule has 0 saturated heterocycles. The van der Waals surface area contributed by atoms with Gasteiger partial charge in [0.05, 0.1) is 0 Å². The number of ether oxygens (including phenoxy) is 1. The number of benzene rings is 1. The predicted molar refractivity (Wildman–Crippen MR) is 72.8 cm³/mol. The molecule has 0 spiro atoms. The molecule has 0 aliphatic heterocycles. The van der Waals surface area contributed by atoms with Crippen molar-refractivity contribution in [2.24, 2.45) is 0 Å². The highest BCUT2D eigenvalue weighted by Crippen LogP contribution is 2.11. The van der Waals surface area contributed by atoms with Crippen molar-refractivity contribution in [1.29, 1.82) is 0 Å². The van der Waals surface area contributed by atoms with Crippen LogP contribution in [0.2, 0.25) is 0 Å². The van der Waals surface area contributed by atoms with Crippen LogP contribution >= 0.6 is 0 Å². The van der Waals surface area contributed by atoms with E-state index < -0.39 is 11.7 Å². The lowest BCUT2D eigenvalue weighted by molar-refractivity contribution is 0.0502. The van der Waals surface area contributed by atoms with Crippen molar-refractivity contribution in [3.63, 3.8) is 0 Å². The van der Waals surface area contributed by atoms with Crippen LogP contribution in [0.3, 0.4) is 0 Å². The quantitative estimate of drug-likeness (QED) is 0.824. The Hall–Kier alpha value is -1.88. The van der Waals surface area contributed by atoms with Gasteiger partial charge in [-0.15, -0.1) is 0 Å². The first-order valence-corrected chi connectivity index (χ1v) is 5.93. The molecule has 4 nitrogen and oxygen atoms in total. The highest BCUT2D eigenvalue weighted by atomic mass is 19.1. The molecule has 1 aromatic rings. The average Bonchev–Trinajstić information content (AvgIpc) is 2.27. The van der Waals surface area contributed by atoms with Gasteiger partial charge in [-0.1, -0.05) is 18.7 Å². The van der Waals surface area contributed by atoms with Gasteiger partial charge in [-0.2, -0.15) is 0 Å². The Kier molecular flexibility index (Phi) is 5.06. The van der Waals surface area contributed by atoms with Gasteiger partial charge in [0.15, 0.2) is 0 Å². The summed E-state index contributed by atoms with van der Waals surface area (Å²) in [7, 11) is 0. The Bertz CT molecular complexity index is 450. The van der Waals surface area contributed by atoms with Crippen LogP contribution in [0.25, 0.3) is 5.57 Å². The molecular formula is C14H19FN2O2. The number of rotatable bonds is 4. The average molecular weight is 266 g/mol. The summed E-state index contributed by atoms with van der Waals surface area (Å²) in [6.45, 7) is 9.53. The molecule has 0 aromatic heterocycles. The van der Waals surface area contributed by atoms with Gasteiger partial charge in [0, 0.05) is 6.54 Å². The first-order valence-electron chi connectivity index (χ1n) is 5.93. The predicted octanol–water partition coefficient (Wildman–Crippen LogP) is 2.87. The Balaban J connectivity index is 2.35. The molecule has 2 N–H and O–H groups in total. The normalized spacial score (nSPS) is 10.9. The maximum Gasteiger partial charge on any atom is 0.422 e. The van der Waals surface area contributed by atoms with Crippen molar-refractivity contribution in [3.8, 4) is 0 Å². The highest BCUT2D eigenvalue weighted by molar-refractivity contribution is 5.68. The fraction of sp³-hybridized carbons (Fsp3) is 0.357. The summed E-state index contributed by atoms with van der Waals surface area (Å²) in [6, 6.07) is 5.99. The molecule has 1 rings (SSSR count). The number of hydrazine groups is 1. The van der Waals surface area contributed by atoms with Crippen molar-refractivity contribution in [2.45, 2.75) is 26.4 Å². The lowest BCUT2D eigenvalue weighted by Crippen LogP contribution is -2.41. The van der Waals surface area contributed by atoms with Crippen LogP contribution in [0.1, 0.15) is 26.3 Å². The number of carbonyl (C=O) groups is 1. The number of halogens is 1. The fourth-order valence-corrected chi connectivity index (χ4v) is 1.31. The molecule has 1 aromatic carbocycles. The molecule has 0 saturated carbocycles. The van der Waals surface area contributed by atoms with Crippen molar-refractivity contribution in [2.75, 3.05) is 6.54 Å². The van der Waals surface area contributed by atoms with E-state index >= 15 is 0 Å². The second kappa shape index (κ2) is 6.33. The minimum atomic E-state index is -0.556. The fourth-order valence-electron chi connectivity index (χ4n) is 1.31. The first kappa shape index (κ1) is 15.2. The summed E-state index contributed by atoms with van der Waals surface area (Å²) in [5.41, 5.74) is 6.10. The Labute approximate surface area is 112 Å². The Morgan fingerprint density at radius 2 is 1.89 bits per heavy atom. The third-order valence-electron chi connectivity index (χ3n) is 2.14. The van der Waals surface area contributed by atoms with Crippen molar-refractivity contribution in [3.05, 3.63) is 42.2 Å². The van der Waals surface area contributed by atoms with E-state index in [1.807, 2.05) is 0 Å². The number of hydrogen-bond acceptors (Lipinski definition) is 3. The molecule has 0 unspecified atom stereocenters. The Morgan fingerprint density at radius 3 is 2.42 bits per heavy atom. The van der Waals surface area contributed by atoms with Gasteiger partial charge in [0.2, 0.25) is 0 Å². The van der Waals surface area contributed by atoms with Crippen LogP contribution in [0.15, 0.2) is 30.8 Å². The molecule has 0 fully saturated rings. The third-order valence-corrected chi connectivity index (χ3v) is 2.14. The molecule has 5 heteroatoms. The SMILES string of the molecule is C=C(CNNC(=O)OC(C)(C)C)c1ccc(F)cc1. The largest absolute Gasteiger partial charge is 0.443 e. The molecule has 0 heterocycles. The molecule has 0 aliphatic carbocycles. The number of carbonyl (C=O) groups excluding carboxylic acids is 1. The van der Waals surface area contributed by atoms with Crippen molar-refractivity contribution >= 4 is 11.7 Å². The van der Waals surface area contributed by atoms with Crippen molar-refractivity contribution < 1.29 is 13.9 Å². The van der Waals surface area contributed by atoms with Gasteiger partial charge >= 0.3 is 6.09 Å². The number of amides is 1. The van der Waals surface area contributed by atoms with E-state index in [9.17, 15) is 9.18 Å². The third kappa shape index (κ3) is 6.01. The van der Waals surface area contributed by atoms with Crippen LogP contribution in [-0.2, 0) is 4.74 Å². The summed E-state index contributed by atoms with van der Waals surface area (Å²) in [6.07, 6.45) is -0.556. The smallest absolute Gasteiger partial charge is 0.422 e. The minimum Gasteiger partial charge on any atom is -0.443 e. The van der Waals surface area contributed by atoms with Gasteiger partial charge in [-0.3, -0.25) is 5.43 Å². The van der Waals surface area contributed by atoms with Gasteiger partial charge in [-0.25, -0.2) is 14.6 Å². The summed E-state index contributed by atoms with van der Waals surface area (Å²) < 4.78 is 17.8. The van der Waals surface area contributed by atoms with Crippen LogP contribution in [0.5, 0.6) is 0 Å². The summed E-state index contributed by atoms with van der Waals surface area (Å²) in [5, 5.41) is 0. The molecule has 0 atom stereocenters. The zero-order valence-electron chi connectivity index (χ0n) is 11.4. The first-order chi connectivity index (χ1) is 8.78. The lowest BCUT2D eigenvalue weighted by Gasteiger charge is -2.20. The van der Waals surface area contributed by atoms with Gasteiger partial charge in [-0.05, 0) is 44.0 Å². The topological polar surface area (TPSA) is 50.4 Å². The van der Waals surface area contributed by atoms with E-state index in [1.165, 1.54) is 12.1 Å². The molecule has 19 heavy (non-hydrogen) atoms. The zero-order valence-corrected chi connectivity index (χ0v) is 11.4. The number of hydrogen-bond donors (Lipinski definition) is 2. The standard InChI is InChI=1S/C14H19FN2O2/c1-10(11-5-7-12(15)8-6-11)9-16-17-13(18)19-14(2,3)4/h5-8,16H,1,9H2,2-4H3,(H,17,18). The van der Waals surface area contributed by atoms with E-state index in [2.05, 4.69) is 17.4 Å². The molecule has 0 bridgehead atoms. The number of nitrogens with one attached hydrogen (secondary N) is 2. The van der Waals surface area contributed by atoms with Gasteiger partial charge in [0.25, 0.3) is 0 Å². The van der Waals surface area contributed by atoms with Crippen LogP contribution in [0, 0.1) is 5.82 Å². The zero-order chi connectivity index (χ0) is 14.5. The van der Waals surface area contributed by atoms with E-state index in [-0.39, 0.29) is 5.82 Å². The Morgan fingerprint density at radius 1 is 1.32 bits per heavy atom. The monoisotopic (exact) mass is 266 g/mol. The van der Waals surface area contributed by atoms with E-state index in [4.69, 9.17) is 4.74 Å². The van der Waals surface area contributed by atoms with E-state index in [0.29, 0.717) is 6.54 Å².